The maximum Gasteiger partial charge on any atom is 0.270 e. The van der Waals surface area contributed by atoms with E-state index >= 15 is 0 Å². The number of aromatic nitrogens is 1. The zero-order valence-electron chi connectivity index (χ0n) is 11.3. The van der Waals surface area contributed by atoms with E-state index < -0.39 is 0 Å². The fourth-order valence-corrected chi connectivity index (χ4v) is 3.14. The zero-order chi connectivity index (χ0) is 14.0. The van der Waals surface area contributed by atoms with Crippen molar-refractivity contribution in [2.24, 2.45) is 0 Å². The van der Waals surface area contributed by atoms with Gasteiger partial charge in [-0.2, -0.15) is 0 Å². The van der Waals surface area contributed by atoms with Crippen LogP contribution in [0.5, 0.6) is 0 Å². The predicted octanol–water partition coefficient (Wildman–Crippen LogP) is 4.17. The van der Waals surface area contributed by atoms with Crippen LogP contribution in [0.25, 0.3) is 0 Å². The number of carbonyl (C=O) groups excluding carboxylic acids is 1. The zero-order valence-corrected chi connectivity index (χ0v) is 13.7. The van der Waals surface area contributed by atoms with Crippen molar-refractivity contribution in [3.05, 3.63) is 44.8 Å². The highest BCUT2D eigenvalue weighted by Gasteiger charge is 2.18. The largest absolute Gasteiger partial charge is 0.340 e. The molecule has 0 aromatic carbocycles. The minimum atomic E-state index is 0.0489. The molecule has 3 nitrogen and oxygen atoms in total. The van der Waals surface area contributed by atoms with Crippen molar-refractivity contribution in [1.29, 1.82) is 0 Å². The highest BCUT2D eigenvalue weighted by atomic mass is 79.9. The summed E-state index contributed by atoms with van der Waals surface area (Å²) in [5, 5.41) is 2.03. The Hall–Kier alpha value is -1.07. The molecule has 0 aliphatic carbocycles. The lowest BCUT2D eigenvalue weighted by atomic mass is 10.3. The summed E-state index contributed by atoms with van der Waals surface area (Å²) in [6.45, 7) is 4.79. The maximum atomic E-state index is 12.5. The van der Waals surface area contributed by atoms with Gasteiger partial charge in [-0.15, -0.1) is 11.3 Å². The van der Waals surface area contributed by atoms with Gasteiger partial charge in [0.1, 0.15) is 5.69 Å². The van der Waals surface area contributed by atoms with Crippen LogP contribution in [-0.4, -0.2) is 22.4 Å². The molecular formula is C14H17BrN2OS. The number of carbonyl (C=O) groups is 1. The first-order chi connectivity index (χ1) is 8.99. The van der Waals surface area contributed by atoms with Crippen LogP contribution in [0.3, 0.4) is 0 Å². The molecule has 5 heteroatoms. The Balaban J connectivity index is 2.19. The number of hydrogen-bond acceptors (Lipinski definition) is 2. The molecule has 0 fully saturated rings. The van der Waals surface area contributed by atoms with Crippen LogP contribution in [0.4, 0.5) is 0 Å². The lowest BCUT2D eigenvalue weighted by Gasteiger charge is -2.19. The molecule has 0 unspecified atom stereocenters. The fraction of sp³-hybridized carbons (Fsp3) is 0.357. The molecule has 2 aromatic heterocycles. The van der Waals surface area contributed by atoms with Crippen LogP contribution < -0.4 is 0 Å². The van der Waals surface area contributed by atoms with Gasteiger partial charge in [0.25, 0.3) is 5.91 Å². The molecule has 102 valence electrons. The molecule has 0 saturated carbocycles. The molecular weight excluding hydrogens is 324 g/mol. The van der Waals surface area contributed by atoms with Gasteiger partial charge in [-0.1, -0.05) is 6.07 Å². The van der Waals surface area contributed by atoms with Gasteiger partial charge in [-0.25, -0.2) is 0 Å². The molecule has 1 amide bonds. The third kappa shape index (κ3) is 3.28. The quantitative estimate of drug-likeness (QED) is 0.820. The van der Waals surface area contributed by atoms with E-state index in [-0.39, 0.29) is 11.9 Å². The van der Waals surface area contributed by atoms with Crippen molar-refractivity contribution in [3.8, 4) is 0 Å². The van der Waals surface area contributed by atoms with Gasteiger partial charge in [-0.3, -0.25) is 4.79 Å². The lowest BCUT2D eigenvalue weighted by Crippen LogP contribution is -2.28. The summed E-state index contributed by atoms with van der Waals surface area (Å²) in [5.74, 6) is 0.0489. The van der Waals surface area contributed by atoms with E-state index in [1.54, 1.807) is 16.2 Å². The van der Waals surface area contributed by atoms with Crippen molar-refractivity contribution in [1.82, 2.24) is 9.47 Å². The lowest BCUT2D eigenvalue weighted by molar-refractivity contribution is 0.0774. The molecule has 2 aromatic rings. The van der Waals surface area contributed by atoms with Crippen molar-refractivity contribution >= 4 is 33.2 Å². The van der Waals surface area contributed by atoms with Crippen LogP contribution in [0.15, 0.2) is 34.2 Å². The summed E-state index contributed by atoms with van der Waals surface area (Å²) < 4.78 is 2.94. The summed E-state index contributed by atoms with van der Waals surface area (Å²) in [5.41, 5.74) is 0.723. The summed E-state index contributed by atoms with van der Waals surface area (Å²) in [6.07, 6.45) is 1.96. The Kier molecular flexibility index (Phi) is 4.47. The summed E-state index contributed by atoms with van der Waals surface area (Å²) in [7, 11) is 1.84. The first kappa shape index (κ1) is 14.3. The highest BCUT2D eigenvalue weighted by Crippen LogP contribution is 2.21. The average Bonchev–Trinajstić information content (AvgIpc) is 2.97. The first-order valence-electron chi connectivity index (χ1n) is 6.14. The van der Waals surface area contributed by atoms with Crippen LogP contribution in [0.1, 0.15) is 35.3 Å². The predicted molar refractivity (Wildman–Crippen MR) is 82.6 cm³/mol. The fourth-order valence-electron chi connectivity index (χ4n) is 1.95. The van der Waals surface area contributed by atoms with E-state index in [1.165, 1.54) is 4.88 Å². The van der Waals surface area contributed by atoms with E-state index in [9.17, 15) is 4.79 Å². The van der Waals surface area contributed by atoms with Gasteiger partial charge in [0.05, 0.1) is 6.54 Å². The topological polar surface area (TPSA) is 25.2 Å². The Morgan fingerprint density at radius 2 is 2.26 bits per heavy atom. The van der Waals surface area contributed by atoms with E-state index in [4.69, 9.17) is 0 Å². The molecule has 0 N–H and O–H groups in total. The number of nitrogens with zero attached hydrogens (tertiary/aromatic N) is 2. The Morgan fingerprint density at radius 1 is 1.53 bits per heavy atom. The second-order valence-electron chi connectivity index (χ2n) is 4.79. The minimum Gasteiger partial charge on any atom is -0.340 e. The van der Waals surface area contributed by atoms with Gasteiger partial charge in [0.15, 0.2) is 0 Å². The van der Waals surface area contributed by atoms with Gasteiger partial charge in [0.2, 0.25) is 0 Å². The van der Waals surface area contributed by atoms with E-state index in [0.717, 1.165) is 10.2 Å². The smallest absolute Gasteiger partial charge is 0.270 e. The van der Waals surface area contributed by atoms with Crippen LogP contribution in [-0.2, 0) is 6.54 Å². The third-order valence-corrected chi connectivity index (χ3v) is 4.21. The summed E-state index contributed by atoms with van der Waals surface area (Å²) in [6, 6.07) is 6.20. The number of thiophene rings is 1. The molecule has 2 heterocycles. The molecule has 2 rings (SSSR count). The monoisotopic (exact) mass is 340 g/mol. The Labute approximate surface area is 126 Å². The van der Waals surface area contributed by atoms with E-state index in [1.807, 2.05) is 41.4 Å². The molecule has 0 spiro atoms. The number of amides is 1. The molecule has 19 heavy (non-hydrogen) atoms. The van der Waals surface area contributed by atoms with Crippen LogP contribution in [0.2, 0.25) is 0 Å². The minimum absolute atomic E-state index is 0.0489. The third-order valence-electron chi connectivity index (χ3n) is 2.91. The standard InChI is InChI=1S/C14H17BrN2OS/c1-10(2)17-8-11(15)7-13(17)14(18)16(3)9-12-5-4-6-19-12/h4-8,10H,9H2,1-3H3. The van der Waals surface area contributed by atoms with Crippen molar-refractivity contribution in [2.75, 3.05) is 7.05 Å². The Bertz CT molecular complexity index is 560. The highest BCUT2D eigenvalue weighted by molar-refractivity contribution is 9.10. The summed E-state index contributed by atoms with van der Waals surface area (Å²) in [4.78, 5) is 15.4. The van der Waals surface area contributed by atoms with Gasteiger partial charge < -0.3 is 9.47 Å². The van der Waals surface area contributed by atoms with Crippen molar-refractivity contribution in [3.63, 3.8) is 0 Å². The molecule has 0 aliphatic rings. The summed E-state index contributed by atoms with van der Waals surface area (Å²) >= 11 is 5.11. The van der Waals surface area contributed by atoms with E-state index in [0.29, 0.717) is 6.54 Å². The van der Waals surface area contributed by atoms with Gasteiger partial charge in [0, 0.05) is 28.6 Å². The Morgan fingerprint density at radius 3 is 2.84 bits per heavy atom. The van der Waals surface area contributed by atoms with E-state index in [2.05, 4.69) is 29.8 Å². The van der Waals surface area contributed by atoms with Crippen LogP contribution in [0, 0.1) is 0 Å². The molecule has 0 atom stereocenters. The normalized spacial score (nSPS) is 11.0. The van der Waals surface area contributed by atoms with Crippen LogP contribution >= 0.6 is 27.3 Å². The molecule has 0 saturated heterocycles. The SMILES string of the molecule is CC(C)n1cc(Br)cc1C(=O)N(C)Cc1cccs1. The average molecular weight is 341 g/mol. The van der Waals surface area contributed by atoms with Crippen molar-refractivity contribution < 1.29 is 4.79 Å². The molecule has 0 bridgehead atoms. The number of halogens is 1. The number of rotatable bonds is 4. The first-order valence-corrected chi connectivity index (χ1v) is 7.81. The second-order valence-corrected chi connectivity index (χ2v) is 6.73. The molecule has 0 aliphatic heterocycles. The second kappa shape index (κ2) is 5.92. The van der Waals surface area contributed by atoms with Crippen molar-refractivity contribution in [2.45, 2.75) is 26.4 Å². The number of hydrogen-bond donors (Lipinski definition) is 0. The maximum absolute atomic E-state index is 12.5. The molecule has 0 radical (unpaired) electrons. The van der Waals surface area contributed by atoms with Gasteiger partial charge >= 0.3 is 0 Å². The van der Waals surface area contributed by atoms with Gasteiger partial charge in [-0.05, 0) is 47.3 Å².